The molecule has 4 unspecified atom stereocenters. The van der Waals surface area contributed by atoms with Gasteiger partial charge in [0.15, 0.2) is 6.29 Å². The standard InChI is InChI=1S/C32H49N9O5.C6H5NO.C2H6.C2H4/c1-22(35-4)29(43)39-27(32(46)41-18-10-12-24(41)20-37-30(44)25-13-7-8-16-36-25)15-6-5-14-26(38-28(42)21-34-3)31(45)40-17-9-11-23(40)19-33-2;8-5-6-3-1-2-4-7-6;2*1-2/h7-8,13,16,22-24,26-27,33-35H,9-12,14-15,17-21H2,1-4H3,(H,37,44)(H,38,42)(H,39,43);1-5H;1-2H3;1-2H2/t22-,23?,24?,26?,27?;;;/m0.../s1. The van der Waals surface area contributed by atoms with Gasteiger partial charge in [-0.1, -0.05) is 26.0 Å². The second-order valence-electron chi connectivity index (χ2n) is 13.0. The molecule has 2 aromatic rings. The molecule has 4 rings (SSSR count). The number of nitrogens with zero attached hydrogens (tertiary/aromatic N) is 4. The number of carbonyl (C=O) groups excluding carboxylic acids is 6. The smallest absolute Gasteiger partial charge is 0.269 e. The van der Waals surface area contributed by atoms with Crippen LogP contribution in [0, 0.1) is 11.8 Å². The van der Waals surface area contributed by atoms with E-state index in [-0.39, 0.29) is 67.6 Å². The Labute approximate surface area is 344 Å². The van der Waals surface area contributed by atoms with Crippen molar-refractivity contribution in [3.63, 3.8) is 0 Å². The Morgan fingerprint density at radius 3 is 1.83 bits per heavy atom. The molecule has 0 bridgehead atoms. The van der Waals surface area contributed by atoms with Gasteiger partial charge in [-0.05, 0) is 78.0 Å². The maximum absolute atomic E-state index is 13.8. The fraction of sp³-hybridized carbons (Fsp3) is 0.524. The quantitative estimate of drug-likeness (QED) is 0.0811. The van der Waals surface area contributed by atoms with Crippen molar-refractivity contribution in [2.24, 2.45) is 0 Å². The molecule has 0 saturated carbocycles. The van der Waals surface area contributed by atoms with Gasteiger partial charge in [-0.25, -0.2) is 0 Å². The average molecular weight is 805 g/mol. The second-order valence-corrected chi connectivity index (χ2v) is 13.0. The number of pyridine rings is 2. The molecule has 2 aromatic heterocycles. The molecule has 0 aromatic carbocycles. The summed E-state index contributed by atoms with van der Waals surface area (Å²) in [7, 11) is 5.15. The summed E-state index contributed by atoms with van der Waals surface area (Å²) in [6.45, 7) is 13.8. The Morgan fingerprint density at radius 2 is 1.36 bits per heavy atom. The largest absolute Gasteiger partial charge is 0.349 e. The van der Waals surface area contributed by atoms with E-state index < -0.39 is 18.1 Å². The SMILES string of the molecule is C=C.CC.CNCC(=O)NC(CC#CCC(NC(=O)[C@H](C)NC)C(=O)N1CCCC1CNC(=O)c1ccccn1)C(=O)N1CCCC1CNC.O=Cc1ccccn1. The van der Waals surface area contributed by atoms with Crippen LogP contribution in [-0.4, -0.2) is 140 Å². The van der Waals surface area contributed by atoms with Gasteiger partial charge in [-0.2, -0.15) is 0 Å². The van der Waals surface area contributed by atoms with Crippen LogP contribution in [-0.2, 0) is 19.2 Å². The Bertz CT molecular complexity index is 1600. The van der Waals surface area contributed by atoms with E-state index in [0.29, 0.717) is 37.4 Å². The summed E-state index contributed by atoms with van der Waals surface area (Å²) in [6.07, 6.45) is 7.16. The number of aldehydes is 1. The Hall–Kier alpha value is -5.50. The van der Waals surface area contributed by atoms with Crippen molar-refractivity contribution in [1.82, 2.24) is 51.7 Å². The van der Waals surface area contributed by atoms with Gasteiger partial charge in [0, 0.05) is 63.5 Å². The zero-order valence-electron chi connectivity index (χ0n) is 35.0. The molecule has 2 saturated heterocycles. The summed E-state index contributed by atoms with van der Waals surface area (Å²) >= 11 is 0. The number of hydrogen-bond donors (Lipinski definition) is 6. The van der Waals surface area contributed by atoms with Gasteiger partial charge in [-0.15, -0.1) is 25.0 Å². The molecule has 6 N–H and O–H groups in total. The number of hydrogen-bond acceptors (Lipinski definition) is 11. The molecule has 2 aliphatic rings. The molecule has 0 spiro atoms. The van der Waals surface area contributed by atoms with E-state index in [4.69, 9.17) is 0 Å². The van der Waals surface area contributed by atoms with Crippen LogP contribution in [0.1, 0.15) is 80.3 Å². The van der Waals surface area contributed by atoms with Crippen LogP contribution in [0.4, 0.5) is 0 Å². The van der Waals surface area contributed by atoms with Crippen molar-refractivity contribution in [1.29, 1.82) is 0 Å². The lowest BCUT2D eigenvalue weighted by Crippen LogP contribution is -2.54. The monoisotopic (exact) mass is 805 g/mol. The summed E-state index contributed by atoms with van der Waals surface area (Å²) in [5.41, 5.74) is 0.772. The van der Waals surface area contributed by atoms with Gasteiger partial charge in [0.25, 0.3) is 5.91 Å². The van der Waals surface area contributed by atoms with Gasteiger partial charge in [-0.3, -0.25) is 38.7 Å². The van der Waals surface area contributed by atoms with Crippen molar-refractivity contribution in [3.8, 4) is 11.8 Å². The molecule has 5 atom stereocenters. The molecule has 0 aliphatic carbocycles. The molecule has 16 nitrogen and oxygen atoms in total. The number of aromatic nitrogens is 2. The first-order valence-electron chi connectivity index (χ1n) is 19.8. The van der Waals surface area contributed by atoms with Gasteiger partial charge >= 0.3 is 0 Å². The number of likely N-dealkylation sites (tertiary alicyclic amines) is 2. The van der Waals surface area contributed by atoms with Crippen LogP contribution in [0.15, 0.2) is 61.9 Å². The van der Waals surface area contributed by atoms with Crippen LogP contribution in [0.2, 0.25) is 0 Å². The summed E-state index contributed by atoms with van der Waals surface area (Å²) in [6, 6.07) is 7.77. The van der Waals surface area contributed by atoms with E-state index in [1.165, 1.54) is 0 Å². The maximum atomic E-state index is 13.8. The lowest BCUT2D eigenvalue weighted by Gasteiger charge is -2.29. The van der Waals surface area contributed by atoms with Gasteiger partial charge < -0.3 is 41.7 Å². The third-order valence-corrected chi connectivity index (χ3v) is 9.11. The summed E-state index contributed by atoms with van der Waals surface area (Å²) in [4.78, 5) is 86.4. The lowest BCUT2D eigenvalue weighted by atomic mass is 10.1. The van der Waals surface area contributed by atoms with Crippen LogP contribution in [0.25, 0.3) is 0 Å². The van der Waals surface area contributed by atoms with E-state index >= 15 is 0 Å². The minimum Gasteiger partial charge on any atom is -0.349 e. The molecule has 2 aliphatic heterocycles. The minimum absolute atomic E-state index is 0.0159. The normalized spacial score (nSPS) is 16.7. The van der Waals surface area contributed by atoms with Crippen molar-refractivity contribution in [2.75, 3.05) is 53.9 Å². The predicted octanol–water partition coefficient (Wildman–Crippen LogP) is 1.32. The van der Waals surface area contributed by atoms with E-state index in [0.717, 1.165) is 25.5 Å². The minimum atomic E-state index is -0.936. The first-order chi connectivity index (χ1) is 28.1. The highest BCUT2D eigenvalue weighted by atomic mass is 16.2. The van der Waals surface area contributed by atoms with Crippen LogP contribution >= 0.6 is 0 Å². The molecule has 2 fully saturated rings. The fourth-order valence-corrected chi connectivity index (χ4v) is 6.14. The fourth-order valence-electron chi connectivity index (χ4n) is 6.14. The van der Waals surface area contributed by atoms with Crippen molar-refractivity contribution < 1.29 is 28.8 Å². The van der Waals surface area contributed by atoms with E-state index in [1.807, 2.05) is 20.9 Å². The van der Waals surface area contributed by atoms with Gasteiger partial charge in [0.05, 0.1) is 12.6 Å². The maximum Gasteiger partial charge on any atom is 0.269 e. The van der Waals surface area contributed by atoms with Crippen molar-refractivity contribution in [3.05, 3.63) is 73.3 Å². The number of rotatable bonds is 16. The number of amides is 5. The Kier molecular flexibility index (Phi) is 25.9. The highest BCUT2D eigenvalue weighted by Gasteiger charge is 2.35. The molecule has 0 radical (unpaired) electrons. The first-order valence-corrected chi connectivity index (χ1v) is 19.8. The Balaban J connectivity index is 0.00000122. The highest BCUT2D eigenvalue weighted by Crippen LogP contribution is 2.20. The van der Waals surface area contributed by atoms with E-state index in [2.05, 4.69) is 66.9 Å². The van der Waals surface area contributed by atoms with Gasteiger partial charge in [0.1, 0.15) is 23.5 Å². The average Bonchev–Trinajstić information content (AvgIpc) is 3.95. The zero-order chi connectivity index (χ0) is 43.3. The number of carbonyl (C=O) groups is 6. The van der Waals surface area contributed by atoms with E-state index in [9.17, 15) is 28.8 Å². The first kappa shape index (κ1) is 50.5. The van der Waals surface area contributed by atoms with Crippen molar-refractivity contribution >= 4 is 35.8 Å². The summed E-state index contributed by atoms with van der Waals surface area (Å²) < 4.78 is 0. The molecule has 16 heteroatoms. The predicted molar refractivity (Wildman–Crippen MR) is 226 cm³/mol. The third kappa shape index (κ3) is 17.3. The second kappa shape index (κ2) is 29.7. The topological polar surface area (TPSA) is 207 Å². The van der Waals surface area contributed by atoms with Crippen LogP contribution in [0.3, 0.4) is 0 Å². The summed E-state index contributed by atoms with van der Waals surface area (Å²) in [5, 5.41) is 17.3. The zero-order valence-corrected chi connectivity index (χ0v) is 35.0. The Morgan fingerprint density at radius 1 is 0.810 bits per heavy atom. The molecule has 58 heavy (non-hydrogen) atoms. The van der Waals surface area contributed by atoms with E-state index in [1.54, 1.807) is 79.6 Å². The highest BCUT2D eigenvalue weighted by molar-refractivity contribution is 5.93. The number of likely N-dealkylation sites (N-methyl/N-ethyl adjacent to an activating group) is 3. The third-order valence-electron chi connectivity index (χ3n) is 9.11. The molecule has 318 valence electrons. The lowest BCUT2D eigenvalue weighted by molar-refractivity contribution is -0.137. The van der Waals surface area contributed by atoms with Crippen LogP contribution < -0.4 is 31.9 Å². The molecular weight excluding hydrogens is 741 g/mol. The molecule has 5 amide bonds. The summed E-state index contributed by atoms with van der Waals surface area (Å²) in [5.74, 6) is 4.53. The number of nitrogens with one attached hydrogen (secondary N) is 6. The molecule has 4 heterocycles. The van der Waals surface area contributed by atoms with Crippen LogP contribution in [0.5, 0.6) is 0 Å². The van der Waals surface area contributed by atoms with Gasteiger partial charge in [0.2, 0.25) is 23.6 Å². The van der Waals surface area contributed by atoms with Crippen molar-refractivity contribution in [2.45, 2.75) is 89.5 Å². The molecular formula is C42H64N10O6.